The van der Waals surface area contributed by atoms with E-state index in [1.807, 2.05) is 36.5 Å². The van der Waals surface area contributed by atoms with Crippen LogP contribution >= 0.6 is 0 Å². The molecule has 0 heterocycles. The Bertz CT molecular complexity index is 772. The van der Waals surface area contributed by atoms with Crippen LogP contribution in [0.4, 0.5) is 0 Å². The lowest BCUT2D eigenvalue weighted by atomic mass is 10.1. The minimum absolute atomic E-state index is 0.137. The zero-order chi connectivity index (χ0) is 31.8. The Morgan fingerprint density at radius 1 is 0.558 bits per heavy atom. The van der Waals surface area contributed by atoms with Crippen molar-refractivity contribution >= 4 is 11.9 Å². The summed E-state index contributed by atoms with van der Waals surface area (Å²) in [6, 6.07) is 0. The number of carbonyl (C=O) groups excluding carboxylic acids is 2. The number of aliphatic hydroxyl groups excluding tert-OH is 3. The van der Waals surface area contributed by atoms with E-state index >= 15 is 0 Å². The standard InChI is InChI=1S/C36H62O7/c1-3-5-7-8-9-10-11-15-18-22-28-35(40)42-30-34(39)31-43-36(41)29-23-27-33(38)26-21-17-14-12-13-16-20-25-32(37)24-19-6-4-2/h13-14,16-17,20-21,25-26,32-34,37-39H,3-12,15,18-19,22-24,27-31H2,1-2H3/b16-13-,17-14-,25-20+,26-21+/t32-,33-,34-/m0/s1. The molecule has 7 nitrogen and oxygen atoms in total. The molecular formula is C36H62O7. The third-order valence-electron chi connectivity index (χ3n) is 7.03. The molecule has 0 bridgehead atoms. The fourth-order valence-electron chi connectivity index (χ4n) is 4.36. The van der Waals surface area contributed by atoms with Gasteiger partial charge in [0.25, 0.3) is 0 Å². The largest absolute Gasteiger partial charge is 0.463 e. The maximum atomic E-state index is 11.9. The molecule has 0 aliphatic rings. The molecule has 0 aromatic rings. The molecule has 0 aromatic heterocycles. The number of allylic oxidation sites excluding steroid dienone is 6. The normalized spacial score (nSPS) is 14.3. The molecule has 0 aromatic carbocycles. The molecule has 0 radical (unpaired) electrons. The van der Waals surface area contributed by atoms with Gasteiger partial charge in [-0.3, -0.25) is 9.59 Å². The Balaban J connectivity index is 3.76. The number of carbonyl (C=O) groups is 2. The molecule has 0 aliphatic carbocycles. The summed E-state index contributed by atoms with van der Waals surface area (Å²) in [6.45, 7) is 3.96. The Morgan fingerprint density at radius 3 is 1.49 bits per heavy atom. The topological polar surface area (TPSA) is 113 Å². The minimum Gasteiger partial charge on any atom is -0.463 e. The summed E-state index contributed by atoms with van der Waals surface area (Å²) in [5, 5.41) is 29.8. The Kier molecular flexibility index (Phi) is 29.6. The summed E-state index contributed by atoms with van der Waals surface area (Å²) in [5.74, 6) is -0.791. The summed E-state index contributed by atoms with van der Waals surface area (Å²) in [4.78, 5) is 23.8. The van der Waals surface area contributed by atoms with Crippen LogP contribution in [0.3, 0.4) is 0 Å². The lowest BCUT2D eigenvalue weighted by molar-refractivity contribution is -0.152. The minimum atomic E-state index is -1.05. The van der Waals surface area contributed by atoms with Gasteiger partial charge in [-0.2, -0.15) is 0 Å². The van der Waals surface area contributed by atoms with Crippen LogP contribution < -0.4 is 0 Å². The molecular weight excluding hydrogens is 544 g/mol. The molecule has 0 spiro atoms. The van der Waals surface area contributed by atoms with E-state index < -0.39 is 18.2 Å². The predicted molar refractivity (Wildman–Crippen MR) is 176 cm³/mol. The zero-order valence-corrected chi connectivity index (χ0v) is 27.2. The number of ether oxygens (including phenoxy) is 2. The van der Waals surface area contributed by atoms with Crippen LogP contribution in [0.1, 0.15) is 136 Å². The summed E-state index contributed by atoms with van der Waals surface area (Å²) < 4.78 is 10.1. The van der Waals surface area contributed by atoms with Crippen molar-refractivity contribution < 1.29 is 34.4 Å². The van der Waals surface area contributed by atoms with Crippen molar-refractivity contribution in [3.8, 4) is 0 Å². The van der Waals surface area contributed by atoms with Gasteiger partial charge in [0, 0.05) is 12.8 Å². The summed E-state index contributed by atoms with van der Waals surface area (Å²) in [7, 11) is 0. The molecule has 0 fully saturated rings. The van der Waals surface area contributed by atoms with E-state index in [2.05, 4.69) is 13.8 Å². The van der Waals surface area contributed by atoms with E-state index in [0.29, 0.717) is 19.3 Å². The highest BCUT2D eigenvalue weighted by atomic mass is 16.6. The molecule has 3 N–H and O–H groups in total. The van der Waals surface area contributed by atoms with Gasteiger partial charge in [0.05, 0.1) is 12.2 Å². The van der Waals surface area contributed by atoms with Gasteiger partial charge in [0.2, 0.25) is 0 Å². The molecule has 0 saturated carbocycles. The molecule has 248 valence electrons. The van der Waals surface area contributed by atoms with Gasteiger partial charge in [-0.15, -0.1) is 0 Å². The van der Waals surface area contributed by atoms with Crippen LogP contribution in [0.15, 0.2) is 48.6 Å². The number of hydrogen-bond acceptors (Lipinski definition) is 7. The molecule has 0 unspecified atom stereocenters. The van der Waals surface area contributed by atoms with Gasteiger partial charge in [0.1, 0.15) is 19.3 Å². The van der Waals surface area contributed by atoms with E-state index in [1.165, 1.54) is 44.9 Å². The van der Waals surface area contributed by atoms with E-state index in [9.17, 15) is 24.9 Å². The van der Waals surface area contributed by atoms with Crippen LogP contribution in [0.25, 0.3) is 0 Å². The second kappa shape index (κ2) is 31.2. The first kappa shape index (κ1) is 40.8. The molecule has 0 amide bonds. The van der Waals surface area contributed by atoms with Crippen LogP contribution in [0.2, 0.25) is 0 Å². The van der Waals surface area contributed by atoms with Crippen molar-refractivity contribution in [2.45, 2.75) is 154 Å². The van der Waals surface area contributed by atoms with Crippen molar-refractivity contribution in [2.24, 2.45) is 0 Å². The number of hydrogen-bond donors (Lipinski definition) is 3. The monoisotopic (exact) mass is 606 g/mol. The second-order valence-electron chi connectivity index (χ2n) is 11.3. The molecule has 43 heavy (non-hydrogen) atoms. The molecule has 0 aliphatic heterocycles. The third kappa shape index (κ3) is 31.0. The second-order valence-corrected chi connectivity index (χ2v) is 11.3. The smallest absolute Gasteiger partial charge is 0.305 e. The maximum absolute atomic E-state index is 11.9. The summed E-state index contributed by atoms with van der Waals surface area (Å²) in [6.07, 6.45) is 30.9. The first-order valence-corrected chi connectivity index (χ1v) is 16.9. The van der Waals surface area contributed by atoms with Gasteiger partial charge in [-0.05, 0) is 32.1 Å². The molecule has 3 atom stereocenters. The number of unbranched alkanes of at least 4 members (excludes halogenated alkanes) is 11. The average molecular weight is 607 g/mol. The Morgan fingerprint density at radius 2 is 0.977 bits per heavy atom. The van der Waals surface area contributed by atoms with Crippen molar-refractivity contribution in [3.05, 3.63) is 48.6 Å². The number of aliphatic hydroxyl groups is 3. The highest BCUT2D eigenvalue weighted by Gasteiger charge is 2.12. The average Bonchev–Trinajstić information content (AvgIpc) is 2.99. The zero-order valence-electron chi connectivity index (χ0n) is 27.2. The predicted octanol–water partition coefficient (Wildman–Crippen LogP) is 7.83. The van der Waals surface area contributed by atoms with Crippen LogP contribution in [0.5, 0.6) is 0 Å². The van der Waals surface area contributed by atoms with Crippen molar-refractivity contribution in [3.63, 3.8) is 0 Å². The molecule has 0 saturated heterocycles. The highest BCUT2D eigenvalue weighted by Crippen LogP contribution is 2.12. The first-order chi connectivity index (χ1) is 20.9. The van der Waals surface area contributed by atoms with Gasteiger partial charge in [-0.25, -0.2) is 0 Å². The number of rotatable bonds is 29. The van der Waals surface area contributed by atoms with Crippen molar-refractivity contribution in [1.82, 2.24) is 0 Å². The lowest BCUT2D eigenvalue weighted by Gasteiger charge is -2.12. The van der Waals surface area contributed by atoms with E-state index in [4.69, 9.17) is 9.47 Å². The first-order valence-electron chi connectivity index (χ1n) is 16.9. The highest BCUT2D eigenvalue weighted by molar-refractivity contribution is 5.69. The SMILES string of the molecule is CCCCCCCCCCCCC(=O)OC[C@H](O)COC(=O)CCC[C@@H](O)/C=C/C=C\C/C=C\C=C\[C@@H](O)CCCCC. The van der Waals surface area contributed by atoms with Crippen LogP contribution in [-0.2, 0) is 19.1 Å². The maximum Gasteiger partial charge on any atom is 0.305 e. The van der Waals surface area contributed by atoms with Gasteiger partial charge in [-0.1, -0.05) is 140 Å². The summed E-state index contributed by atoms with van der Waals surface area (Å²) in [5.41, 5.74) is 0. The lowest BCUT2D eigenvalue weighted by Crippen LogP contribution is -2.25. The van der Waals surface area contributed by atoms with Crippen LogP contribution in [-0.4, -0.2) is 58.8 Å². The summed E-state index contributed by atoms with van der Waals surface area (Å²) >= 11 is 0. The molecule has 0 rings (SSSR count). The van der Waals surface area contributed by atoms with Gasteiger partial charge >= 0.3 is 11.9 Å². The van der Waals surface area contributed by atoms with Crippen molar-refractivity contribution in [2.75, 3.05) is 13.2 Å². The molecule has 7 heteroatoms. The van der Waals surface area contributed by atoms with Gasteiger partial charge < -0.3 is 24.8 Å². The fraction of sp³-hybridized carbons (Fsp3) is 0.722. The van der Waals surface area contributed by atoms with E-state index in [1.54, 1.807) is 12.2 Å². The third-order valence-corrected chi connectivity index (χ3v) is 7.03. The van der Waals surface area contributed by atoms with Gasteiger partial charge in [0.15, 0.2) is 0 Å². The number of esters is 2. The fourth-order valence-corrected chi connectivity index (χ4v) is 4.36. The quantitative estimate of drug-likeness (QED) is 0.0452. The van der Waals surface area contributed by atoms with Crippen molar-refractivity contribution in [1.29, 1.82) is 0 Å². The van der Waals surface area contributed by atoms with Crippen LogP contribution in [0, 0.1) is 0 Å². The van der Waals surface area contributed by atoms with E-state index in [0.717, 1.165) is 51.4 Å². The van der Waals surface area contributed by atoms with E-state index in [-0.39, 0.29) is 31.7 Å². The Labute approximate surface area is 262 Å². The Hall–Kier alpha value is -2.22.